The van der Waals surface area contributed by atoms with E-state index in [-0.39, 0.29) is 11.4 Å². The molecular formula is C19H12ClF3N6OS. The molecule has 0 fully saturated rings. The van der Waals surface area contributed by atoms with Crippen molar-refractivity contribution in [1.82, 2.24) is 25.0 Å². The van der Waals surface area contributed by atoms with E-state index in [1.165, 1.54) is 23.1 Å². The lowest BCUT2D eigenvalue weighted by atomic mass is 10.2. The molecule has 0 unspecified atom stereocenters. The first-order valence-electron chi connectivity index (χ1n) is 8.73. The quantitative estimate of drug-likeness (QED) is 0.343. The highest BCUT2D eigenvalue weighted by atomic mass is 35.5. The van der Waals surface area contributed by atoms with Gasteiger partial charge < -0.3 is 5.32 Å². The van der Waals surface area contributed by atoms with Gasteiger partial charge in [-0.2, -0.15) is 17.9 Å². The Morgan fingerprint density at radius 1 is 1.13 bits per heavy atom. The minimum atomic E-state index is -4.49. The lowest BCUT2D eigenvalue weighted by molar-refractivity contribution is -0.137. The van der Waals surface area contributed by atoms with Crippen LogP contribution in [0.25, 0.3) is 16.9 Å². The van der Waals surface area contributed by atoms with Gasteiger partial charge in [0.05, 0.1) is 17.0 Å². The fourth-order valence-electron chi connectivity index (χ4n) is 2.72. The van der Waals surface area contributed by atoms with E-state index in [0.29, 0.717) is 26.9 Å². The minimum Gasteiger partial charge on any atom is -0.325 e. The summed E-state index contributed by atoms with van der Waals surface area (Å²) in [4.78, 5) is 20.6. The summed E-state index contributed by atoms with van der Waals surface area (Å²) in [6.45, 7) is 0. The monoisotopic (exact) mass is 464 g/mol. The number of benzene rings is 2. The van der Waals surface area contributed by atoms with Crippen LogP contribution in [-0.2, 0) is 11.0 Å². The van der Waals surface area contributed by atoms with Crippen LogP contribution in [0.4, 0.5) is 18.9 Å². The Labute approximate surface area is 182 Å². The summed E-state index contributed by atoms with van der Waals surface area (Å²) in [5.41, 5.74) is 0.692. The Morgan fingerprint density at radius 3 is 2.71 bits per heavy atom. The van der Waals surface area contributed by atoms with E-state index < -0.39 is 17.6 Å². The van der Waals surface area contributed by atoms with Gasteiger partial charge in [-0.3, -0.25) is 4.79 Å². The minimum absolute atomic E-state index is 0.0557. The Morgan fingerprint density at radius 2 is 1.94 bits per heavy atom. The number of anilines is 1. The third-order valence-electron chi connectivity index (χ3n) is 4.07. The van der Waals surface area contributed by atoms with Crippen LogP contribution >= 0.6 is 23.4 Å². The van der Waals surface area contributed by atoms with Gasteiger partial charge in [-0.25, -0.2) is 9.97 Å². The summed E-state index contributed by atoms with van der Waals surface area (Å²) >= 11 is 7.10. The number of amides is 1. The van der Waals surface area contributed by atoms with Crippen molar-refractivity contribution in [1.29, 1.82) is 0 Å². The van der Waals surface area contributed by atoms with Crippen molar-refractivity contribution in [2.24, 2.45) is 0 Å². The van der Waals surface area contributed by atoms with E-state index in [0.717, 1.165) is 23.9 Å². The molecule has 4 rings (SSSR count). The number of aromatic nitrogens is 5. The number of alkyl halides is 3. The van der Waals surface area contributed by atoms with E-state index >= 15 is 0 Å². The molecule has 2 heterocycles. The Hall–Kier alpha value is -3.18. The molecule has 158 valence electrons. The van der Waals surface area contributed by atoms with Gasteiger partial charge >= 0.3 is 6.18 Å². The van der Waals surface area contributed by atoms with Crippen LogP contribution in [0.1, 0.15) is 5.56 Å². The smallest absolute Gasteiger partial charge is 0.325 e. The van der Waals surface area contributed by atoms with E-state index in [1.54, 1.807) is 24.3 Å². The van der Waals surface area contributed by atoms with Crippen molar-refractivity contribution in [2.75, 3.05) is 11.1 Å². The number of thioether (sulfide) groups is 1. The second kappa shape index (κ2) is 8.52. The molecule has 4 aromatic rings. The summed E-state index contributed by atoms with van der Waals surface area (Å²) < 4.78 is 39.9. The molecule has 12 heteroatoms. The largest absolute Gasteiger partial charge is 0.416 e. The molecule has 0 radical (unpaired) electrons. The molecule has 0 aliphatic carbocycles. The zero-order chi connectivity index (χ0) is 22.0. The fraction of sp³-hybridized carbons (Fsp3) is 0.105. The van der Waals surface area contributed by atoms with Crippen molar-refractivity contribution in [3.05, 3.63) is 65.4 Å². The average Bonchev–Trinajstić information content (AvgIpc) is 3.17. The molecule has 31 heavy (non-hydrogen) atoms. The fourth-order valence-corrected chi connectivity index (χ4v) is 3.63. The van der Waals surface area contributed by atoms with Crippen molar-refractivity contribution in [3.8, 4) is 5.69 Å². The number of carbonyl (C=O) groups is 1. The normalized spacial score (nSPS) is 11.6. The molecule has 1 amide bonds. The van der Waals surface area contributed by atoms with Crippen molar-refractivity contribution < 1.29 is 18.0 Å². The summed E-state index contributed by atoms with van der Waals surface area (Å²) in [7, 11) is 0. The summed E-state index contributed by atoms with van der Waals surface area (Å²) in [5, 5.41) is 11.6. The highest BCUT2D eigenvalue weighted by molar-refractivity contribution is 8.00. The highest BCUT2D eigenvalue weighted by Gasteiger charge is 2.30. The number of carbonyl (C=O) groups excluding carboxylic acids is 1. The number of hydrogen-bond donors (Lipinski definition) is 1. The van der Waals surface area contributed by atoms with Crippen LogP contribution in [0.5, 0.6) is 0 Å². The number of hydrogen-bond acceptors (Lipinski definition) is 6. The molecule has 2 aromatic carbocycles. The molecule has 2 aromatic heterocycles. The first-order chi connectivity index (χ1) is 14.8. The molecule has 7 nitrogen and oxygen atoms in total. The SMILES string of the molecule is O=C(CSc1ncnc2c1nnn2-c1cccc(Cl)c1)Nc1cccc(C(F)(F)F)c1. The van der Waals surface area contributed by atoms with Crippen LogP contribution < -0.4 is 5.32 Å². The van der Waals surface area contributed by atoms with E-state index in [9.17, 15) is 18.0 Å². The van der Waals surface area contributed by atoms with E-state index in [1.807, 2.05) is 0 Å². The molecular weight excluding hydrogens is 453 g/mol. The maximum Gasteiger partial charge on any atom is 0.416 e. The lowest BCUT2D eigenvalue weighted by Crippen LogP contribution is -2.15. The Kier molecular flexibility index (Phi) is 5.79. The third-order valence-corrected chi connectivity index (χ3v) is 5.28. The Bertz CT molecular complexity index is 1260. The van der Waals surface area contributed by atoms with Gasteiger partial charge in [0.25, 0.3) is 0 Å². The zero-order valence-electron chi connectivity index (χ0n) is 15.5. The average molecular weight is 465 g/mol. The molecule has 0 aliphatic rings. The predicted octanol–water partition coefficient (Wildman–Crippen LogP) is 4.61. The highest BCUT2D eigenvalue weighted by Crippen LogP contribution is 2.31. The molecule has 0 atom stereocenters. The van der Waals surface area contributed by atoms with Gasteiger partial charge in [0.1, 0.15) is 11.4 Å². The van der Waals surface area contributed by atoms with Gasteiger partial charge in [0.2, 0.25) is 5.91 Å². The molecule has 0 bridgehead atoms. The van der Waals surface area contributed by atoms with E-state index in [4.69, 9.17) is 11.6 Å². The van der Waals surface area contributed by atoms with Gasteiger partial charge in [-0.15, -0.1) is 5.10 Å². The molecule has 1 N–H and O–H groups in total. The lowest BCUT2D eigenvalue weighted by Gasteiger charge is -2.09. The van der Waals surface area contributed by atoms with Crippen LogP contribution in [-0.4, -0.2) is 36.6 Å². The second-order valence-corrected chi connectivity index (χ2v) is 7.65. The van der Waals surface area contributed by atoms with Gasteiger partial charge in [0.15, 0.2) is 11.2 Å². The van der Waals surface area contributed by atoms with Gasteiger partial charge in [0, 0.05) is 10.7 Å². The number of nitrogens with one attached hydrogen (secondary N) is 1. The van der Waals surface area contributed by atoms with Crippen molar-refractivity contribution in [3.63, 3.8) is 0 Å². The maximum absolute atomic E-state index is 12.8. The summed E-state index contributed by atoms with van der Waals surface area (Å²) in [5.74, 6) is -0.579. The topological polar surface area (TPSA) is 85.6 Å². The molecule has 0 saturated carbocycles. The number of nitrogens with zero attached hydrogens (tertiary/aromatic N) is 5. The first kappa shape index (κ1) is 21.1. The summed E-state index contributed by atoms with van der Waals surface area (Å²) in [6.07, 6.45) is -3.17. The molecule has 0 aliphatic heterocycles. The first-order valence-corrected chi connectivity index (χ1v) is 10.1. The van der Waals surface area contributed by atoms with Crippen molar-refractivity contribution >= 4 is 46.1 Å². The van der Waals surface area contributed by atoms with Crippen LogP contribution in [0, 0.1) is 0 Å². The molecule has 0 spiro atoms. The summed E-state index contributed by atoms with van der Waals surface area (Å²) in [6, 6.07) is 11.4. The predicted molar refractivity (Wildman–Crippen MR) is 110 cm³/mol. The third kappa shape index (κ3) is 4.78. The maximum atomic E-state index is 12.8. The standard InChI is InChI=1S/C19H12ClF3N6OS/c20-12-4-2-6-14(8-12)29-17-16(27-28-29)18(25-10-24-17)31-9-15(30)26-13-5-1-3-11(7-13)19(21,22)23/h1-8,10H,9H2,(H,26,30). The Balaban J connectivity index is 1.49. The molecule has 0 saturated heterocycles. The van der Waals surface area contributed by atoms with Crippen LogP contribution in [0.3, 0.4) is 0 Å². The number of halogens is 4. The van der Waals surface area contributed by atoms with Crippen LogP contribution in [0.15, 0.2) is 59.9 Å². The van der Waals surface area contributed by atoms with Crippen LogP contribution in [0.2, 0.25) is 5.02 Å². The van der Waals surface area contributed by atoms with Gasteiger partial charge in [-0.1, -0.05) is 40.7 Å². The number of fused-ring (bicyclic) bond motifs is 1. The number of rotatable bonds is 5. The van der Waals surface area contributed by atoms with Gasteiger partial charge in [-0.05, 0) is 36.4 Å². The van der Waals surface area contributed by atoms with Crippen molar-refractivity contribution in [2.45, 2.75) is 11.2 Å². The van der Waals surface area contributed by atoms with E-state index in [2.05, 4.69) is 25.6 Å². The zero-order valence-corrected chi connectivity index (χ0v) is 17.0. The second-order valence-electron chi connectivity index (χ2n) is 6.25.